The van der Waals surface area contributed by atoms with Crippen LogP contribution in [0.4, 0.5) is 0 Å². The molecule has 0 unspecified atom stereocenters. The van der Waals surface area contributed by atoms with Crippen molar-refractivity contribution >= 4 is 11.6 Å². The van der Waals surface area contributed by atoms with Crippen molar-refractivity contribution < 1.29 is 5.11 Å². The summed E-state index contributed by atoms with van der Waals surface area (Å²) in [6.45, 7) is 0.214. The summed E-state index contributed by atoms with van der Waals surface area (Å²) in [4.78, 5) is 0. The van der Waals surface area contributed by atoms with E-state index in [-0.39, 0.29) is 6.61 Å². The first-order valence-corrected chi connectivity index (χ1v) is 4.71. The lowest BCUT2D eigenvalue weighted by atomic mass is 10.1. The van der Waals surface area contributed by atoms with Crippen LogP contribution in [0.1, 0.15) is 12.0 Å². The van der Waals surface area contributed by atoms with Crippen LogP contribution < -0.4 is 0 Å². The summed E-state index contributed by atoms with van der Waals surface area (Å²) in [5, 5.41) is 9.31. The zero-order valence-corrected chi connectivity index (χ0v) is 8.17. The third-order valence-corrected chi connectivity index (χ3v) is 1.94. The maximum absolute atomic E-state index is 8.54. The molecule has 1 aromatic carbocycles. The highest BCUT2D eigenvalue weighted by Gasteiger charge is 1.90. The first kappa shape index (κ1) is 10.3. The zero-order chi connectivity index (χ0) is 9.52. The van der Waals surface area contributed by atoms with Crippen molar-refractivity contribution in [2.45, 2.75) is 12.8 Å². The topological polar surface area (TPSA) is 20.2 Å². The Balaban J connectivity index is 2.45. The molecule has 0 saturated carbocycles. The molecule has 1 nitrogen and oxygen atoms in total. The molecule has 0 heterocycles. The van der Waals surface area contributed by atoms with Crippen molar-refractivity contribution in [3.05, 3.63) is 47.0 Å². The van der Waals surface area contributed by atoms with E-state index < -0.39 is 0 Å². The Kier molecular flexibility index (Phi) is 4.58. The average molecular weight is 197 g/mol. The SMILES string of the molecule is OCC/C=C\Cc1cccc(Cl)c1. The van der Waals surface area contributed by atoms with Gasteiger partial charge in [-0.15, -0.1) is 0 Å². The quantitative estimate of drug-likeness (QED) is 0.735. The van der Waals surface area contributed by atoms with Gasteiger partial charge in [-0.25, -0.2) is 0 Å². The van der Waals surface area contributed by atoms with Crippen LogP contribution in [-0.4, -0.2) is 11.7 Å². The predicted molar refractivity (Wildman–Crippen MR) is 56.0 cm³/mol. The molecule has 0 radical (unpaired) electrons. The van der Waals surface area contributed by atoms with Gasteiger partial charge < -0.3 is 5.11 Å². The summed E-state index contributed by atoms with van der Waals surface area (Å²) >= 11 is 5.82. The van der Waals surface area contributed by atoms with Gasteiger partial charge >= 0.3 is 0 Å². The van der Waals surface area contributed by atoms with E-state index >= 15 is 0 Å². The van der Waals surface area contributed by atoms with E-state index in [1.54, 1.807) is 0 Å². The summed E-state index contributed by atoms with van der Waals surface area (Å²) in [7, 11) is 0. The molecule has 0 aliphatic carbocycles. The zero-order valence-electron chi connectivity index (χ0n) is 7.41. The minimum Gasteiger partial charge on any atom is -0.396 e. The number of allylic oxidation sites excluding steroid dienone is 1. The highest BCUT2D eigenvalue weighted by molar-refractivity contribution is 6.30. The molecular weight excluding hydrogens is 184 g/mol. The Morgan fingerprint density at radius 3 is 2.85 bits per heavy atom. The van der Waals surface area contributed by atoms with Gasteiger partial charge in [0.2, 0.25) is 0 Å². The molecular formula is C11H13ClO. The Morgan fingerprint density at radius 1 is 1.31 bits per heavy atom. The molecule has 70 valence electrons. The van der Waals surface area contributed by atoms with Crippen LogP contribution in [0.5, 0.6) is 0 Å². The molecule has 1 rings (SSSR count). The summed E-state index contributed by atoms with van der Waals surface area (Å²) < 4.78 is 0. The van der Waals surface area contributed by atoms with Crippen LogP contribution in [0, 0.1) is 0 Å². The van der Waals surface area contributed by atoms with E-state index in [1.807, 2.05) is 36.4 Å². The molecule has 0 fully saturated rings. The van der Waals surface area contributed by atoms with E-state index in [0.717, 1.165) is 17.9 Å². The van der Waals surface area contributed by atoms with Crippen molar-refractivity contribution in [3.63, 3.8) is 0 Å². The first-order valence-electron chi connectivity index (χ1n) is 4.33. The second-order valence-corrected chi connectivity index (χ2v) is 3.25. The predicted octanol–water partition coefficient (Wildman–Crippen LogP) is 2.82. The van der Waals surface area contributed by atoms with E-state index in [4.69, 9.17) is 16.7 Å². The molecule has 0 atom stereocenters. The molecule has 0 aliphatic heterocycles. The lowest BCUT2D eigenvalue weighted by Gasteiger charge is -1.96. The Labute approximate surface area is 83.7 Å². The van der Waals surface area contributed by atoms with Crippen LogP contribution >= 0.6 is 11.6 Å². The highest BCUT2D eigenvalue weighted by Crippen LogP contribution is 2.11. The number of aliphatic hydroxyl groups is 1. The molecule has 1 aromatic rings. The van der Waals surface area contributed by atoms with Crippen LogP contribution in [0.25, 0.3) is 0 Å². The average Bonchev–Trinajstić information content (AvgIpc) is 2.13. The summed E-state index contributed by atoms with van der Waals surface area (Å²) in [5.74, 6) is 0. The third kappa shape index (κ3) is 4.11. The van der Waals surface area contributed by atoms with Crippen molar-refractivity contribution in [1.29, 1.82) is 0 Å². The number of benzene rings is 1. The lowest BCUT2D eigenvalue weighted by molar-refractivity contribution is 0.302. The van der Waals surface area contributed by atoms with Gasteiger partial charge in [0, 0.05) is 11.6 Å². The van der Waals surface area contributed by atoms with Crippen molar-refractivity contribution in [2.24, 2.45) is 0 Å². The number of hydrogen-bond acceptors (Lipinski definition) is 1. The van der Waals surface area contributed by atoms with Gasteiger partial charge in [-0.3, -0.25) is 0 Å². The fourth-order valence-electron chi connectivity index (χ4n) is 1.08. The van der Waals surface area contributed by atoms with Gasteiger partial charge in [0.15, 0.2) is 0 Å². The molecule has 1 N–H and O–H groups in total. The fraction of sp³-hybridized carbons (Fsp3) is 0.273. The maximum atomic E-state index is 8.54. The van der Waals surface area contributed by atoms with Gasteiger partial charge in [-0.1, -0.05) is 35.9 Å². The molecule has 0 aliphatic rings. The van der Waals surface area contributed by atoms with Gasteiger partial charge in [0.05, 0.1) is 0 Å². The van der Waals surface area contributed by atoms with Gasteiger partial charge in [-0.2, -0.15) is 0 Å². The van der Waals surface area contributed by atoms with Crippen LogP contribution in [0.15, 0.2) is 36.4 Å². The van der Waals surface area contributed by atoms with E-state index in [2.05, 4.69) is 0 Å². The van der Waals surface area contributed by atoms with Crippen molar-refractivity contribution in [3.8, 4) is 0 Å². The maximum Gasteiger partial charge on any atom is 0.0465 e. The molecule has 0 aromatic heterocycles. The Hall–Kier alpha value is -0.790. The fourth-order valence-corrected chi connectivity index (χ4v) is 1.29. The summed E-state index contributed by atoms with van der Waals surface area (Å²) in [6, 6.07) is 7.79. The van der Waals surface area contributed by atoms with Gasteiger partial charge in [0.1, 0.15) is 0 Å². The number of hydrogen-bond donors (Lipinski definition) is 1. The normalized spacial score (nSPS) is 10.9. The molecule has 0 saturated heterocycles. The van der Waals surface area contributed by atoms with E-state index in [9.17, 15) is 0 Å². The van der Waals surface area contributed by atoms with Gasteiger partial charge in [-0.05, 0) is 30.5 Å². The molecule has 13 heavy (non-hydrogen) atoms. The molecule has 2 heteroatoms. The lowest BCUT2D eigenvalue weighted by Crippen LogP contribution is -1.81. The minimum atomic E-state index is 0.214. The Morgan fingerprint density at radius 2 is 2.15 bits per heavy atom. The summed E-state index contributed by atoms with van der Waals surface area (Å²) in [5.41, 5.74) is 1.20. The smallest absolute Gasteiger partial charge is 0.0465 e. The molecule has 0 spiro atoms. The Bertz CT molecular complexity index is 281. The van der Waals surface area contributed by atoms with E-state index in [0.29, 0.717) is 0 Å². The second kappa shape index (κ2) is 5.79. The second-order valence-electron chi connectivity index (χ2n) is 2.82. The number of halogens is 1. The standard InChI is InChI=1S/C11H13ClO/c12-11-7-4-6-10(9-11)5-2-1-3-8-13/h1-2,4,6-7,9,13H,3,5,8H2/b2-1-. The van der Waals surface area contributed by atoms with Crippen LogP contribution in [-0.2, 0) is 6.42 Å². The van der Waals surface area contributed by atoms with Crippen molar-refractivity contribution in [2.75, 3.05) is 6.61 Å². The van der Waals surface area contributed by atoms with E-state index in [1.165, 1.54) is 5.56 Å². The largest absolute Gasteiger partial charge is 0.396 e. The first-order chi connectivity index (χ1) is 6.33. The molecule has 0 amide bonds. The third-order valence-electron chi connectivity index (χ3n) is 1.71. The van der Waals surface area contributed by atoms with Crippen LogP contribution in [0.2, 0.25) is 5.02 Å². The highest BCUT2D eigenvalue weighted by atomic mass is 35.5. The molecule has 0 bridgehead atoms. The summed E-state index contributed by atoms with van der Waals surface area (Å²) in [6.07, 6.45) is 5.61. The number of rotatable bonds is 4. The number of aliphatic hydroxyl groups excluding tert-OH is 1. The minimum absolute atomic E-state index is 0.214. The van der Waals surface area contributed by atoms with Crippen molar-refractivity contribution in [1.82, 2.24) is 0 Å². The van der Waals surface area contributed by atoms with Gasteiger partial charge in [0.25, 0.3) is 0 Å². The van der Waals surface area contributed by atoms with Crippen LogP contribution in [0.3, 0.4) is 0 Å². The monoisotopic (exact) mass is 196 g/mol.